The van der Waals surface area contributed by atoms with Gasteiger partial charge in [0.1, 0.15) is 4.90 Å². The van der Waals surface area contributed by atoms with Crippen molar-refractivity contribution in [3.8, 4) is 0 Å². The van der Waals surface area contributed by atoms with Gasteiger partial charge in [0.15, 0.2) is 0 Å². The molecule has 0 aliphatic carbocycles. The van der Waals surface area contributed by atoms with E-state index in [1.807, 2.05) is 0 Å². The summed E-state index contributed by atoms with van der Waals surface area (Å²) in [6, 6.07) is 2.06. The Labute approximate surface area is 127 Å². The number of halogens is 2. The number of benzene rings is 1. The molecule has 110 valence electrons. The Bertz CT molecular complexity index is 670. The van der Waals surface area contributed by atoms with Crippen LogP contribution in [0.2, 0.25) is 10.0 Å². The highest BCUT2D eigenvalue weighted by Crippen LogP contribution is 2.30. The van der Waals surface area contributed by atoms with Gasteiger partial charge in [-0.3, -0.25) is 0 Å². The number of hydrogen-bond donors (Lipinski definition) is 1. The van der Waals surface area contributed by atoms with Crippen molar-refractivity contribution >= 4 is 39.2 Å². The Kier molecular flexibility index (Phi) is 5.21. The van der Waals surface area contributed by atoms with Crippen LogP contribution >= 0.6 is 23.2 Å². The summed E-state index contributed by atoms with van der Waals surface area (Å²) in [5, 5.41) is 8.73. The first-order chi connectivity index (χ1) is 9.07. The highest BCUT2D eigenvalue weighted by atomic mass is 35.5. The van der Waals surface area contributed by atoms with E-state index in [1.165, 1.54) is 7.05 Å². The van der Waals surface area contributed by atoms with Gasteiger partial charge in [0.2, 0.25) is 10.0 Å². The molecule has 1 aromatic carbocycles. The topological polar surface area (TPSA) is 74.7 Å². The van der Waals surface area contributed by atoms with Crippen LogP contribution in [0.25, 0.3) is 0 Å². The van der Waals surface area contributed by atoms with Crippen LogP contribution in [0.5, 0.6) is 0 Å². The van der Waals surface area contributed by atoms with Crippen LogP contribution < -0.4 is 0 Å². The van der Waals surface area contributed by atoms with Crippen molar-refractivity contribution in [3.05, 3.63) is 39.9 Å². The summed E-state index contributed by atoms with van der Waals surface area (Å²) < 4.78 is 25.7. The largest absolute Gasteiger partial charge is 0.478 e. The molecule has 0 aliphatic heterocycles. The maximum absolute atomic E-state index is 12.3. The smallest absolute Gasteiger partial charge is 0.337 e. The van der Waals surface area contributed by atoms with Gasteiger partial charge in [-0.2, -0.15) is 4.31 Å². The predicted octanol–water partition coefficient (Wildman–Crippen LogP) is 2.89. The second kappa shape index (κ2) is 6.13. The molecule has 0 heterocycles. The van der Waals surface area contributed by atoms with E-state index < -0.39 is 16.0 Å². The molecule has 0 bridgehead atoms. The molecule has 0 spiro atoms. The number of carbonyl (C=O) groups is 1. The third-order valence-electron chi connectivity index (χ3n) is 2.43. The van der Waals surface area contributed by atoms with Gasteiger partial charge in [0.25, 0.3) is 0 Å². The Balaban J connectivity index is 3.42. The second-order valence-electron chi connectivity index (χ2n) is 4.29. The molecule has 0 atom stereocenters. The number of likely N-dealkylation sites (N-methyl/N-ethyl adjacent to an activating group) is 1. The number of rotatable bonds is 5. The van der Waals surface area contributed by atoms with Crippen molar-refractivity contribution in [1.29, 1.82) is 0 Å². The molecule has 0 unspecified atom stereocenters. The van der Waals surface area contributed by atoms with Crippen molar-refractivity contribution in [2.45, 2.75) is 11.8 Å². The van der Waals surface area contributed by atoms with Crippen LogP contribution in [0.1, 0.15) is 17.3 Å². The first-order valence-electron chi connectivity index (χ1n) is 5.40. The molecule has 0 aliphatic rings. The lowest BCUT2D eigenvalue weighted by Gasteiger charge is -2.18. The van der Waals surface area contributed by atoms with Crippen molar-refractivity contribution in [1.82, 2.24) is 4.31 Å². The van der Waals surface area contributed by atoms with Crippen LogP contribution in [0.3, 0.4) is 0 Å². The minimum absolute atomic E-state index is 0.101. The lowest BCUT2D eigenvalue weighted by atomic mass is 10.2. The fourth-order valence-corrected chi connectivity index (χ4v) is 3.58. The predicted molar refractivity (Wildman–Crippen MR) is 78.1 cm³/mol. The van der Waals surface area contributed by atoms with E-state index in [4.69, 9.17) is 28.3 Å². The van der Waals surface area contributed by atoms with E-state index in [0.717, 1.165) is 16.4 Å². The van der Waals surface area contributed by atoms with E-state index in [9.17, 15) is 13.2 Å². The third kappa shape index (κ3) is 3.52. The summed E-state index contributed by atoms with van der Waals surface area (Å²) in [4.78, 5) is 10.7. The summed E-state index contributed by atoms with van der Waals surface area (Å²) in [6.45, 7) is 5.41. The van der Waals surface area contributed by atoms with Crippen molar-refractivity contribution < 1.29 is 18.3 Å². The highest BCUT2D eigenvalue weighted by molar-refractivity contribution is 7.89. The Morgan fingerprint density at radius 2 is 1.90 bits per heavy atom. The standard InChI is InChI=1S/C12H13Cl2NO4S/c1-7(2)6-15(3)20(18,19)11-4-8(12(16)17)9(13)5-10(11)14/h4-5H,1,6H2,2-3H3,(H,16,17). The molecule has 1 N–H and O–H groups in total. The molecular formula is C12H13Cl2NO4S. The average molecular weight is 338 g/mol. The normalized spacial score (nSPS) is 11.7. The molecule has 0 amide bonds. The average Bonchev–Trinajstić information content (AvgIpc) is 2.26. The van der Waals surface area contributed by atoms with E-state index >= 15 is 0 Å². The monoisotopic (exact) mass is 337 g/mol. The molecule has 5 nitrogen and oxygen atoms in total. The highest BCUT2D eigenvalue weighted by Gasteiger charge is 2.26. The molecule has 0 saturated heterocycles. The van der Waals surface area contributed by atoms with Crippen LogP contribution in [0, 0.1) is 0 Å². The zero-order valence-electron chi connectivity index (χ0n) is 10.9. The lowest BCUT2D eigenvalue weighted by molar-refractivity contribution is 0.0697. The third-order valence-corrected chi connectivity index (χ3v) is 5.01. The summed E-state index contributed by atoms with van der Waals surface area (Å²) in [6.07, 6.45) is 0. The quantitative estimate of drug-likeness (QED) is 0.838. The fourth-order valence-electron chi connectivity index (χ4n) is 1.52. The molecule has 1 rings (SSSR count). The van der Waals surface area contributed by atoms with Gasteiger partial charge in [-0.25, -0.2) is 13.2 Å². The molecule has 0 fully saturated rings. The molecule has 0 radical (unpaired) electrons. The SMILES string of the molecule is C=C(C)CN(C)S(=O)(=O)c1cc(C(=O)O)c(Cl)cc1Cl. The first kappa shape index (κ1) is 17.0. The number of sulfonamides is 1. The Hall–Kier alpha value is -1.08. The summed E-state index contributed by atoms with van der Waals surface area (Å²) in [7, 11) is -2.56. The Morgan fingerprint density at radius 1 is 1.35 bits per heavy atom. The zero-order chi connectivity index (χ0) is 15.7. The van der Waals surface area contributed by atoms with E-state index in [0.29, 0.717) is 5.57 Å². The molecule has 1 aromatic rings. The molecule has 0 saturated carbocycles. The molecule has 8 heteroatoms. The van der Waals surface area contributed by atoms with E-state index in [1.54, 1.807) is 6.92 Å². The van der Waals surface area contributed by atoms with Crippen LogP contribution in [0.4, 0.5) is 0 Å². The fraction of sp³-hybridized carbons (Fsp3) is 0.250. The maximum Gasteiger partial charge on any atom is 0.337 e. The summed E-state index contributed by atoms with van der Waals surface area (Å²) in [5.41, 5.74) is 0.318. The number of aromatic carboxylic acids is 1. The summed E-state index contributed by atoms with van der Waals surface area (Å²) in [5.74, 6) is -1.33. The van der Waals surface area contributed by atoms with Gasteiger partial charge in [-0.1, -0.05) is 35.4 Å². The molecule has 0 aromatic heterocycles. The minimum atomic E-state index is -3.92. The van der Waals surface area contributed by atoms with Crippen LogP contribution in [-0.4, -0.2) is 37.4 Å². The van der Waals surface area contributed by atoms with Crippen LogP contribution in [-0.2, 0) is 10.0 Å². The van der Waals surface area contributed by atoms with Gasteiger partial charge in [-0.15, -0.1) is 0 Å². The molecule has 20 heavy (non-hydrogen) atoms. The first-order valence-corrected chi connectivity index (χ1v) is 7.60. The number of carboxylic acids is 1. The maximum atomic E-state index is 12.3. The van der Waals surface area contributed by atoms with Gasteiger partial charge in [0, 0.05) is 13.6 Å². The minimum Gasteiger partial charge on any atom is -0.478 e. The van der Waals surface area contributed by atoms with Crippen LogP contribution in [0.15, 0.2) is 29.2 Å². The van der Waals surface area contributed by atoms with Gasteiger partial charge < -0.3 is 5.11 Å². The van der Waals surface area contributed by atoms with Crippen molar-refractivity contribution in [2.75, 3.05) is 13.6 Å². The van der Waals surface area contributed by atoms with Gasteiger partial charge >= 0.3 is 5.97 Å². The second-order valence-corrected chi connectivity index (χ2v) is 7.11. The lowest BCUT2D eigenvalue weighted by Crippen LogP contribution is -2.28. The summed E-state index contributed by atoms with van der Waals surface area (Å²) >= 11 is 11.6. The van der Waals surface area contributed by atoms with Crippen molar-refractivity contribution in [3.63, 3.8) is 0 Å². The van der Waals surface area contributed by atoms with Crippen molar-refractivity contribution in [2.24, 2.45) is 0 Å². The number of carboxylic acid groups (broad SMARTS) is 1. The molecular weight excluding hydrogens is 325 g/mol. The van der Waals surface area contributed by atoms with E-state index in [-0.39, 0.29) is 27.0 Å². The van der Waals surface area contributed by atoms with E-state index in [2.05, 4.69) is 6.58 Å². The number of nitrogens with zero attached hydrogens (tertiary/aromatic N) is 1. The Morgan fingerprint density at radius 3 is 2.35 bits per heavy atom. The van der Waals surface area contributed by atoms with Gasteiger partial charge in [-0.05, 0) is 19.1 Å². The number of hydrogen-bond acceptors (Lipinski definition) is 3. The zero-order valence-corrected chi connectivity index (χ0v) is 13.2. The van der Waals surface area contributed by atoms with Gasteiger partial charge in [0.05, 0.1) is 15.6 Å².